The molecule has 0 aliphatic carbocycles. The highest BCUT2D eigenvalue weighted by molar-refractivity contribution is 9.10. The number of benzene rings is 2. The van der Waals surface area contributed by atoms with Gasteiger partial charge < -0.3 is 14.8 Å². The minimum absolute atomic E-state index is 0.353. The molecule has 0 aliphatic rings. The Hall–Kier alpha value is -1.52. The molecule has 25 heavy (non-hydrogen) atoms. The lowest BCUT2D eigenvalue weighted by Gasteiger charge is -2.18. The van der Waals surface area contributed by atoms with Crippen LogP contribution < -0.4 is 14.8 Å². The maximum atomic E-state index is 5.53. The number of halogens is 1. The summed E-state index contributed by atoms with van der Waals surface area (Å²) >= 11 is 3.51. The first-order chi connectivity index (χ1) is 12.2. The average molecular weight is 406 g/mol. The lowest BCUT2D eigenvalue weighted by molar-refractivity contribution is 0.393. The average Bonchev–Trinajstić information content (AvgIpc) is 2.64. The van der Waals surface area contributed by atoms with Gasteiger partial charge in [0.25, 0.3) is 0 Å². The van der Waals surface area contributed by atoms with E-state index in [2.05, 4.69) is 64.6 Å². The molecule has 0 saturated heterocycles. The number of hydrogen-bond acceptors (Lipinski definition) is 3. The lowest BCUT2D eigenvalue weighted by atomic mass is 9.99. The van der Waals surface area contributed by atoms with Gasteiger partial charge in [-0.05, 0) is 65.4 Å². The second-order valence-corrected chi connectivity index (χ2v) is 7.13. The Bertz CT molecular complexity index is 646. The van der Waals surface area contributed by atoms with Crippen LogP contribution in [0.2, 0.25) is 0 Å². The van der Waals surface area contributed by atoms with Crippen LogP contribution >= 0.6 is 15.9 Å². The van der Waals surface area contributed by atoms with Crippen molar-refractivity contribution in [2.75, 3.05) is 27.3 Å². The van der Waals surface area contributed by atoms with E-state index in [0.29, 0.717) is 5.92 Å². The standard InChI is InChI=1S/C21H28BrNO2/c1-16(18-13-21(25-3)19(22)14-20(18)24-2)15-23-12-8-7-11-17-9-5-4-6-10-17/h4-6,9-10,13-14,16,23H,7-8,11-12,15H2,1-3H3. The number of methoxy groups -OCH3 is 2. The molecule has 1 N–H and O–H groups in total. The fraction of sp³-hybridized carbons (Fsp3) is 0.429. The third kappa shape index (κ3) is 6.05. The summed E-state index contributed by atoms with van der Waals surface area (Å²) < 4.78 is 11.9. The summed E-state index contributed by atoms with van der Waals surface area (Å²) in [7, 11) is 3.40. The summed E-state index contributed by atoms with van der Waals surface area (Å²) in [5.41, 5.74) is 2.59. The van der Waals surface area contributed by atoms with E-state index in [4.69, 9.17) is 9.47 Å². The van der Waals surface area contributed by atoms with Crippen LogP contribution in [0, 0.1) is 0 Å². The van der Waals surface area contributed by atoms with Crippen LogP contribution in [0.4, 0.5) is 0 Å². The number of hydrogen-bond donors (Lipinski definition) is 1. The molecule has 0 aromatic heterocycles. The number of nitrogens with one attached hydrogen (secondary N) is 1. The van der Waals surface area contributed by atoms with Gasteiger partial charge in [-0.2, -0.15) is 0 Å². The Morgan fingerprint density at radius 3 is 2.40 bits per heavy atom. The molecule has 0 aliphatic heterocycles. The van der Waals surface area contributed by atoms with E-state index in [0.717, 1.165) is 35.5 Å². The third-order valence-electron chi connectivity index (χ3n) is 4.40. The van der Waals surface area contributed by atoms with E-state index in [9.17, 15) is 0 Å². The van der Waals surface area contributed by atoms with Crippen LogP contribution in [0.25, 0.3) is 0 Å². The fourth-order valence-electron chi connectivity index (χ4n) is 2.92. The summed E-state index contributed by atoms with van der Waals surface area (Å²) in [6.45, 7) is 4.17. The molecule has 1 unspecified atom stereocenters. The van der Waals surface area contributed by atoms with Gasteiger partial charge in [-0.1, -0.05) is 37.3 Å². The van der Waals surface area contributed by atoms with Gasteiger partial charge in [0.15, 0.2) is 0 Å². The first-order valence-corrected chi connectivity index (χ1v) is 9.61. The van der Waals surface area contributed by atoms with Gasteiger partial charge in [0.2, 0.25) is 0 Å². The molecule has 0 spiro atoms. The van der Waals surface area contributed by atoms with Crippen LogP contribution in [0.15, 0.2) is 46.9 Å². The van der Waals surface area contributed by atoms with Gasteiger partial charge in [0, 0.05) is 12.1 Å². The van der Waals surface area contributed by atoms with Crippen molar-refractivity contribution in [2.45, 2.75) is 32.1 Å². The normalized spacial score (nSPS) is 12.0. The molecule has 0 amide bonds. The largest absolute Gasteiger partial charge is 0.496 e. The van der Waals surface area contributed by atoms with Crippen LogP contribution in [0.1, 0.15) is 36.8 Å². The SMILES string of the molecule is COc1cc(C(C)CNCCCCc2ccccc2)c(OC)cc1Br. The summed E-state index contributed by atoms with van der Waals surface area (Å²) in [4.78, 5) is 0. The predicted molar refractivity (Wildman–Crippen MR) is 108 cm³/mol. The van der Waals surface area contributed by atoms with Crippen LogP contribution in [0.3, 0.4) is 0 Å². The summed E-state index contributed by atoms with van der Waals surface area (Å²) in [6, 6.07) is 14.7. The smallest absolute Gasteiger partial charge is 0.133 e. The number of ether oxygens (including phenoxy) is 2. The maximum Gasteiger partial charge on any atom is 0.133 e. The topological polar surface area (TPSA) is 30.5 Å². The Balaban J connectivity index is 1.77. The van der Waals surface area contributed by atoms with Gasteiger partial charge in [0.1, 0.15) is 11.5 Å². The van der Waals surface area contributed by atoms with Crippen LogP contribution in [-0.4, -0.2) is 27.3 Å². The highest BCUT2D eigenvalue weighted by atomic mass is 79.9. The molecular formula is C21H28BrNO2. The molecule has 0 radical (unpaired) electrons. The monoisotopic (exact) mass is 405 g/mol. The van der Waals surface area contributed by atoms with Crippen molar-refractivity contribution in [1.82, 2.24) is 5.32 Å². The molecule has 136 valence electrons. The molecule has 3 nitrogen and oxygen atoms in total. The molecule has 2 aromatic carbocycles. The van der Waals surface area contributed by atoms with E-state index in [1.807, 2.05) is 6.07 Å². The molecule has 2 aromatic rings. The Kier molecular flexibility index (Phi) is 8.29. The molecule has 0 saturated carbocycles. The molecule has 0 heterocycles. The number of aryl methyl sites for hydroxylation is 1. The first-order valence-electron chi connectivity index (χ1n) is 8.81. The maximum absolute atomic E-state index is 5.53. The van der Waals surface area contributed by atoms with Crippen molar-refractivity contribution < 1.29 is 9.47 Å². The summed E-state index contributed by atoms with van der Waals surface area (Å²) in [5.74, 6) is 2.09. The zero-order valence-corrected chi connectivity index (χ0v) is 16.9. The zero-order chi connectivity index (χ0) is 18.1. The van der Waals surface area contributed by atoms with Gasteiger partial charge in [-0.3, -0.25) is 0 Å². The minimum Gasteiger partial charge on any atom is -0.496 e. The lowest BCUT2D eigenvalue weighted by Crippen LogP contribution is -2.21. The molecule has 0 bridgehead atoms. The van der Waals surface area contributed by atoms with Crippen LogP contribution in [0.5, 0.6) is 11.5 Å². The Morgan fingerprint density at radius 1 is 1.00 bits per heavy atom. The number of rotatable bonds is 10. The predicted octanol–water partition coefficient (Wildman–Crippen LogP) is 5.18. The fourth-order valence-corrected chi connectivity index (χ4v) is 3.41. The highest BCUT2D eigenvalue weighted by Crippen LogP contribution is 2.36. The van der Waals surface area contributed by atoms with E-state index in [1.165, 1.54) is 24.0 Å². The van der Waals surface area contributed by atoms with Crippen molar-refractivity contribution >= 4 is 15.9 Å². The molecule has 4 heteroatoms. The number of unbranched alkanes of at least 4 members (excludes halogenated alkanes) is 1. The molecule has 2 rings (SSSR count). The highest BCUT2D eigenvalue weighted by Gasteiger charge is 2.15. The quantitative estimate of drug-likeness (QED) is 0.552. The van der Waals surface area contributed by atoms with Crippen molar-refractivity contribution in [3.63, 3.8) is 0 Å². The summed E-state index contributed by atoms with van der Waals surface area (Å²) in [6.07, 6.45) is 3.54. The minimum atomic E-state index is 0.353. The molecular weight excluding hydrogens is 378 g/mol. The third-order valence-corrected chi connectivity index (χ3v) is 5.02. The Labute approximate surface area is 159 Å². The summed E-state index contributed by atoms with van der Waals surface area (Å²) in [5, 5.41) is 3.57. The van der Waals surface area contributed by atoms with Gasteiger partial charge >= 0.3 is 0 Å². The van der Waals surface area contributed by atoms with Crippen LogP contribution in [-0.2, 0) is 6.42 Å². The van der Waals surface area contributed by atoms with Crippen molar-refractivity contribution in [3.05, 3.63) is 58.1 Å². The second-order valence-electron chi connectivity index (χ2n) is 6.28. The van der Waals surface area contributed by atoms with E-state index < -0.39 is 0 Å². The van der Waals surface area contributed by atoms with E-state index in [-0.39, 0.29) is 0 Å². The van der Waals surface area contributed by atoms with Crippen molar-refractivity contribution in [2.24, 2.45) is 0 Å². The van der Waals surface area contributed by atoms with E-state index in [1.54, 1.807) is 14.2 Å². The first kappa shape index (κ1) is 19.8. The van der Waals surface area contributed by atoms with Crippen molar-refractivity contribution in [1.29, 1.82) is 0 Å². The van der Waals surface area contributed by atoms with Crippen molar-refractivity contribution in [3.8, 4) is 11.5 Å². The molecule has 0 fully saturated rings. The second kappa shape index (κ2) is 10.5. The van der Waals surface area contributed by atoms with Gasteiger partial charge in [-0.25, -0.2) is 0 Å². The van der Waals surface area contributed by atoms with Gasteiger partial charge in [-0.15, -0.1) is 0 Å². The Morgan fingerprint density at radius 2 is 1.72 bits per heavy atom. The van der Waals surface area contributed by atoms with Gasteiger partial charge in [0.05, 0.1) is 18.7 Å². The van der Waals surface area contributed by atoms with E-state index >= 15 is 0 Å². The zero-order valence-electron chi connectivity index (χ0n) is 15.3. The molecule has 1 atom stereocenters.